The zero-order chi connectivity index (χ0) is 35.2. The van der Waals surface area contributed by atoms with Gasteiger partial charge in [0.05, 0.1) is 12.1 Å². The number of phenolic OH excluding ortho intramolecular Hbond substituents is 1. The molecule has 6 nitrogen and oxygen atoms in total. The summed E-state index contributed by atoms with van der Waals surface area (Å²) in [5, 5.41) is 11.7. The molecule has 2 heterocycles. The highest BCUT2D eigenvalue weighted by Crippen LogP contribution is 2.53. The van der Waals surface area contributed by atoms with E-state index in [1.165, 1.54) is 39.1 Å². The van der Waals surface area contributed by atoms with Crippen molar-refractivity contribution in [3.63, 3.8) is 0 Å². The third-order valence-corrected chi connectivity index (χ3v) is 11.2. The Morgan fingerprint density at radius 3 is 2.10 bits per heavy atom. The number of aliphatic imine (C=N–C) groups is 1. The van der Waals surface area contributed by atoms with E-state index in [9.17, 15) is 5.11 Å². The van der Waals surface area contributed by atoms with E-state index in [-0.39, 0.29) is 40.1 Å². The van der Waals surface area contributed by atoms with Crippen LogP contribution in [0.2, 0.25) is 0 Å². The second kappa shape index (κ2) is 11.2. The first-order valence-corrected chi connectivity index (χ1v) is 17.3. The number of nitrogens with zero attached hydrogens (tertiary/aromatic N) is 4. The smallest absolute Gasteiger partial charge is 0.322 e. The maximum Gasteiger partial charge on any atom is 0.322 e. The molecule has 2 aliphatic rings. The fourth-order valence-corrected chi connectivity index (χ4v) is 8.15. The van der Waals surface area contributed by atoms with E-state index in [0.717, 1.165) is 22.3 Å². The first-order chi connectivity index (χ1) is 23.0. The van der Waals surface area contributed by atoms with Gasteiger partial charge in [-0.05, 0) is 96.3 Å². The molecule has 6 heteroatoms. The number of benzene rings is 4. The number of rotatable bonds is 4. The zero-order valence-electron chi connectivity index (χ0n) is 30.7. The lowest BCUT2D eigenvalue weighted by molar-refractivity contribution is 0.256. The van der Waals surface area contributed by atoms with Gasteiger partial charge in [-0.2, -0.15) is 4.98 Å². The Morgan fingerprint density at radius 1 is 0.796 bits per heavy atom. The van der Waals surface area contributed by atoms with Crippen LogP contribution in [0.5, 0.6) is 17.5 Å². The first kappa shape index (κ1) is 32.8. The molecule has 252 valence electrons. The summed E-state index contributed by atoms with van der Waals surface area (Å²) in [5.74, 6) is 1.67. The van der Waals surface area contributed by atoms with Crippen molar-refractivity contribution in [2.75, 3.05) is 4.90 Å². The molecule has 2 atom stereocenters. The van der Waals surface area contributed by atoms with Gasteiger partial charge in [-0.15, -0.1) is 0 Å². The molecular formula is C43H48N4O2. The summed E-state index contributed by atoms with van der Waals surface area (Å²) in [6, 6.07) is 23.4. The summed E-state index contributed by atoms with van der Waals surface area (Å²) in [4.78, 5) is 17.4. The molecule has 7 rings (SSSR count). The van der Waals surface area contributed by atoms with Crippen LogP contribution in [0.4, 0.5) is 5.69 Å². The van der Waals surface area contributed by atoms with Gasteiger partial charge in [0, 0.05) is 33.7 Å². The largest absolute Gasteiger partial charge is 0.506 e. The summed E-state index contributed by atoms with van der Waals surface area (Å²) in [6.07, 6.45) is 1.72. The number of phenols is 1. The maximum absolute atomic E-state index is 10.9. The third-order valence-electron chi connectivity index (χ3n) is 11.2. The molecule has 0 radical (unpaired) electrons. The number of anilines is 1. The van der Waals surface area contributed by atoms with Gasteiger partial charge in [0.15, 0.2) is 0 Å². The average Bonchev–Trinajstić information content (AvgIpc) is 3.46. The standard InChI is InChI=1S/C43H48N4O2/c1-24-19-25(2)27(4)36(26(24)3)47-38-37(42(8,9)32-17-12-13-18-33(32)43(38,10)11)46-39(47)28-15-14-16-31(21-28)49-40-44-23-29-20-30(41(5,6)7)22-34(48)35(29)45-40/h12-23,37-38,48H,1-11H3/t37-,38?/m1/s1. The highest BCUT2D eigenvalue weighted by Gasteiger charge is 2.57. The van der Waals surface area contributed by atoms with Crippen molar-refractivity contribution in [1.82, 2.24) is 9.97 Å². The molecule has 49 heavy (non-hydrogen) atoms. The van der Waals surface area contributed by atoms with Crippen LogP contribution < -0.4 is 9.64 Å². The number of aromatic hydroxyl groups is 1. The van der Waals surface area contributed by atoms with E-state index in [1.54, 1.807) is 12.3 Å². The summed E-state index contributed by atoms with van der Waals surface area (Å²) >= 11 is 0. The van der Waals surface area contributed by atoms with Gasteiger partial charge in [0.1, 0.15) is 22.9 Å². The lowest BCUT2D eigenvalue weighted by atomic mass is 9.58. The van der Waals surface area contributed by atoms with E-state index < -0.39 is 0 Å². The number of ether oxygens (including phenoxy) is 1. The molecule has 1 aliphatic heterocycles. The number of aryl methyl sites for hydroxylation is 2. The minimum absolute atomic E-state index is 0.0152. The number of aromatic nitrogens is 2. The number of hydrogen-bond donors (Lipinski definition) is 1. The Kier molecular flexibility index (Phi) is 7.47. The predicted molar refractivity (Wildman–Crippen MR) is 201 cm³/mol. The summed E-state index contributed by atoms with van der Waals surface area (Å²) in [5.41, 5.74) is 11.0. The fourth-order valence-electron chi connectivity index (χ4n) is 8.15. The summed E-state index contributed by atoms with van der Waals surface area (Å²) in [7, 11) is 0. The molecule has 1 aliphatic carbocycles. The van der Waals surface area contributed by atoms with Crippen LogP contribution in [0.3, 0.4) is 0 Å². The van der Waals surface area contributed by atoms with Crippen molar-refractivity contribution in [2.45, 2.75) is 104 Å². The van der Waals surface area contributed by atoms with Crippen LogP contribution in [0.15, 0.2) is 77.9 Å². The monoisotopic (exact) mass is 652 g/mol. The molecule has 1 N–H and O–H groups in total. The van der Waals surface area contributed by atoms with Gasteiger partial charge in [-0.3, -0.25) is 4.99 Å². The van der Waals surface area contributed by atoms with E-state index in [0.29, 0.717) is 11.3 Å². The van der Waals surface area contributed by atoms with Crippen molar-refractivity contribution < 1.29 is 9.84 Å². The summed E-state index contributed by atoms with van der Waals surface area (Å²) < 4.78 is 6.31. The average molecular weight is 653 g/mol. The van der Waals surface area contributed by atoms with E-state index in [2.05, 4.69) is 127 Å². The van der Waals surface area contributed by atoms with E-state index in [1.807, 2.05) is 24.3 Å². The van der Waals surface area contributed by atoms with E-state index in [4.69, 9.17) is 9.73 Å². The summed E-state index contributed by atoms with van der Waals surface area (Å²) in [6.45, 7) is 24.7. The molecule has 0 saturated heterocycles. The van der Waals surface area contributed by atoms with Crippen LogP contribution in [0.25, 0.3) is 10.9 Å². The molecule has 1 aromatic heterocycles. The molecule has 0 fully saturated rings. The van der Waals surface area contributed by atoms with Crippen molar-refractivity contribution in [3.8, 4) is 17.5 Å². The van der Waals surface area contributed by atoms with Crippen LogP contribution in [0.1, 0.15) is 93.0 Å². The Bertz CT molecular complexity index is 2150. The first-order valence-electron chi connectivity index (χ1n) is 17.3. The van der Waals surface area contributed by atoms with Crippen molar-refractivity contribution in [3.05, 3.63) is 117 Å². The lowest BCUT2D eigenvalue weighted by Gasteiger charge is -2.52. The molecule has 0 amide bonds. The van der Waals surface area contributed by atoms with Gasteiger partial charge in [0.2, 0.25) is 0 Å². The van der Waals surface area contributed by atoms with Crippen molar-refractivity contribution in [2.24, 2.45) is 4.99 Å². The van der Waals surface area contributed by atoms with E-state index >= 15 is 0 Å². The van der Waals surface area contributed by atoms with Gasteiger partial charge >= 0.3 is 6.01 Å². The quantitative estimate of drug-likeness (QED) is 0.209. The molecule has 1 unspecified atom stereocenters. The minimum atomic E-state index is -0.195. The third kappa shape index (κ3) is 5.19. The van der Waals surface area contributed by atoms with Crippen LogP contribution in [-0.2, 0) is 16.2 Å². The van der Waals surface area contributed by atoms with Gasteiger partial charge in [0.25, 0.3) is 0 Å². The SMILES string of the molecule is Cc1cc(C)c(C)c(N2C(c3cccc(Oc4ncc5cc(C(C)(C)C)cc(O)c5n4)c3)=N[C@@H]3C2C(C)(C)c2ccccc2C3(C)C)c1C. The molecule has 4 aromatic carbocycles. The highest BCUT2D eigenvalue weighted by atomic mass is 16.5. The van der Waals surface area contributed by atoms with Crippen molar-refractivity contribution in [1.29, 1.82) is 0 Å². The van der Waals surface area contributed by atoms with Gasteiger partial charge in [-0.25, -0.2) is 4.98 Å². The Morgan fingerprint density at radius 2 is 1.45 bits per heavy atom. The van der Waals surface area contributed by atoms with Crippen LogP contribution in [-0.4, -0.2) is 33.0 Å². The molecule has 0 bridgehead atoms. The second-order valence-electron chi connectivity index (χ2n) is 16.3. The normalized spacial score (nSPS) is 19.4. The number of amidine groups is 1. The molecular weight excluding hydrogens is 604 g/mol. The molecule has 0 spiro atoms. The van der Waals surface area contributed by atoms with Crippen molar-refractivity contribution >= 4 is 22.4 Å². The minimum Gasteiger partial charge on any atom is -0.506 e. The Hall–Kier alpha value is -4.71. The predicted octanol–water partition coefficient (Wildman–Crippen LogP) is 9.93. The molecule has 5 aromatic rings. The Balaban J connectivity index is 1.35. The van der Waals surface area contributed by atoms with Crippen LogP contribution >= 0.6 is 0 Å². The van der Waals surface area contributed by atoms with Gasteiger partial charge < -0.3 is 14.7 Å². The van der Waals surface area contributed by atoms with Crippen LogP contribution in [0, 0.1) is 27.7 Å². The molecule has 0 saturated carbocycles. The van der Waals surface area contributed by atoms with Gasteiger partial charge in [-0.1, -0.05) is 90.9 Å². The zero-order valence-corrected chi connectivity index (χ0v) is 30.7. The Labute approximate surface area is 290 Å². The lowest BCUT2D eigenvalue weighted by Crippen LogP contribution is -2.60. The second-order valence-corrected chi connectivity index (χ2v) is 16.3. The topological polar surface area (TPSA) is 70.8 Å². The highest BCUT2D eigenvalue weighted by molar-refractivity contribution is 6.13. The maximum atomic E-state index is 10.9. The number of hydrogen-bond acceptors (Lipinski definition) is 6. The number of fused-ring (bicyclic) bond motifs is 3. The fraction of sp³-hybridized carbons (Fsp3) is 0.372.